The highest BCUT2D eigenvalue weighted by Gasteiger charge is 2.65. The minimum Gasteiger partial charge on any atom is -0.459 e. The van der Waals surface area contributed by atoms with Crippen molar-refractivity contribution in [2.24, 2.45) is 22.9 Å². The molecule has 0 bridgehead atoms. The standard InChI is InChI=1S/C58H62FN3O7/c1-5-33-66-58-53(62(38-40-19-25-45(59)26-20-40)56(65)43-21-17-39(37-60)18-22-43)36-51(61-69-57(2,3)4)49-34-44(15-9-11-31-63)48(16-10-12-32-64)54(55(49)58)50-35-47(29-30-52(50)68-58)67-46-27-23-42(24-28-46)41-13-7-6-8-14-41/h5-8,13-14,17-30,34-35,44,48,53-55,63-64H,1,9-12,15-16,31-33,36,38H2,2-4H3. The molecule has 0 spiro atoms. The molecule has 5 aromatic carbocycles. The highest BCUT2D eigenvalue weighted by atomic mass is 19.1. The molecule has 6 unspecified atom stereocenters. The zero-order valence-corrected chi connectivity index (χ0v) is 39.7. The van der Waals surface area contributed by atoms with E-state index in [1.807, 2.05) is 75.4 Å². The number of oxime groups is 1. The highest BCUT2D eigenvalue weighted by molar-refractivity contribution is 6.03. The van der Waals surface area contributed by atoms with Crippen molar-refractivity contribution in [1.82, 2.24) is 4.90 Å². The number of unbranched alkanes of at least 4 members (excludes halogenated alkanes) is 2. The molecule has 1 amide bonds. The van der Waals surface area contributed by atoms with Crippen molar-refractivity contribution in [1.29, 1.82) is 5.26 Å². The average molecular weight is 932 g/mol. The number of nitrogens with zero attached hydrogens (tertiary/aromatic N) is 3. The van der Waals surface area contributed by atoms with Crippen LogP contribution in [0.3, 0.4) is 0 Å². The van der Waals surface area contributed by atoms with Crippen LogP contribution in [0.4, 0.5) is 4.39 Å². The Morgan fingerprint density at radius 3 is 2.25 bits per heavy atom. The molecule has 1 aliphatic heterocycles. The van der Waals surface area contributed by atoms with Gasteiger partial charge >= 0.3 is 0 Å². The Kier molecular flexibility index (Phi) is 15.4. The van der Waals surface area contributed by atoms with E-state index in [1.54, 1.807) is 47.4 Å². The monoisotopic (exact) mass is 931 g/mol. The van der Waals surface area contributed by atoms with Gasteiger partial charge in [0.1, 0.15) is 34.7 Å². The third kappa shape index (κ3) is 11.0. The topological polar surface area (TPSA) is 134 Å². The van der Waals surface area contributed by atoms with Crippen molar-refractivity contribution < 1.29 is 38.4 Å². The molecule has 69 heavy (non-hydrogen) atoms. The number of aliphatic hydroxyl groups is 2. The van der Waals surface area contributed by atoms with Gasteiger partial charge in [0.2, 0.25) is 5.79 Å². The first-order chi connectivity index (χ1) is 33.4. The molecule has 0 radical (unpaired) electrons. The zero-order chi connectivity index (χ0) is 48.5. The van der Waals surface area contributed by atoms with Crippen molar-refractivity contribution in [2.45, 2.75) is 95.6 Å². The first-order valence-corrected chi connectivity index (χ1v) is 24.1. The number of carbonyl (C=O) groups is 1. The van der Waals surface area contributed by atoms with E-state index in [9.17, 15) is 19.9 Å². The summed E-state index contributed by atoms with van der Waals surface area (Å²) in [5.74, 6) is -1.25. The van der Waals surface area contributed by atoms with Crippen molar-refractivity contribution in [3.63, 3.8) is 0 Å². The van der Waals surface area contributed by atoms with Crippen molar-refractivity contribution in [3.8, 4) is 34.4 Å². The Hall–Kier alpha value is -6.58. The maximum atomic E-state index is 15.4. The number of amides is 1. The van der Waals surface area contributed by atoms with Crippen LogP contribution in [0, 0.1) is 34.9 Å². The molecule has 1 saturated carbocycles. The van der Waals surface area contributed by atoms with Gasteiger partial charge in [-0.15, -0.1) is 6.58 Å². The molecule has 6 atom stereocenters. The first kappa shape index (κ1) is 48.9. The Labute approximate surface area is 405 Å². The van der Waals surface area contributed by atoms with Crippen LogP contribution in [0.5, 0.6) is 17.2 Å². The number of nitriles is 1. The smallest absolute Gasteiger partial charge is 0.254 e. The molecule has 8 rings (SSSR count). The average Bonchev–Trinajstić information content (AvgIpc) is 3.36. The lowest BCUT2D eigenvalue weighted by atomic mass is 9.55. The highest BCUT2D eigenvalue weighted by Crippen LogP contribution is 2.62. The largest absolute Gasteiger partial charge is 0.459 e. The minimum atomic E-state index is -1.54. The molecular weight excluding hydrogens is 870 g/mol. The first-order valence-electron chi connectivity index (χ1n) is 24.1. The van der Waals surface area contributed by atoms with E-state index < -0.39 is 29.2 Å². The number of carbonyl (C=O) groups excluding carboxylic acids is 1. The van der Waals surface area contributed by atoms with Crippen LogP contribution in [0.25, 0.3) is 11.1 Å². The maximum Gasteiger partial charge on any atom is 0.254 e. The third-order valence-electron chi connectivity index (χ3n) is 13.4. The molecule has 2 N–H and O–H groups in total. The number of hydrogen-bond donors (Lipinski definition) is 2. The van der Waals surface area contributed by atoms with Gasteiger partial charge in [-0.1, -0.05) is 84.7 Å². The fourth-order valence-electron chi connectivity index (χ4n) is 10.3. The number of benzene rings is 5. The number of fused-ring (bicyclic) bond motifs is 2. The Bertz CT molecular complexity index is 2660. The maximum absolute atomic E-state index is 15.4. The summed E-state index contributed by atoms with van der Waals surface area (Å²) in [5.41, 5.74) is 5.43. The van der Waals surface area contributed by atoms with Gasteiger partial charge in [0.05, 0.1) is 29.9 Å². The van der Waals surface area contributed by atoms with E-state index >= 15 is 4.79 Å². The molecule has 1 heterocycles. The van der Waals surface area contributed by atoms with Gasteiger partial charge in [-0.05, 0) is 147 Å². The van der Waals surface area contributed by atoms with Gasteiger partial charge in [0, 0.05) is 43.2 Å². The van der Waals surface area contributed by atoms with Crippen LogP contribution in [-0.4, -0.2) is 64.0 Å². The van der Waals surface area contributed by atoms with E-state index in [-0.39, 0.29) is 56.4 Å². The number of hydrogen-bond acceptors (Lipinski definition) is 9. The molecule has 10 nitrogen and oxygen atoms in total. The van der Waals surface area contributed by atoms with E-state index in [0.717, 1.165) is 47.9 Å². The third-order valence-corrected chi connectivity index (χ3v) is 13.4. The van der Waals surface area contributed by atoms with E-state index in [0.29, 0.717) is 52.5 Å². The van der Waals surface area contributed by atoms with Crippen LogP contribution < -0.4 is 9.47 Å². The second kappa shape index (κ2) is 21.8. The van der Waals surface area contributed by atoms with Crippen LogP contribution in [0.15, 0.2) is 151 Å². The normalized spacial score (nSPS) is 22.0. The Morgan fingerprint density at radius 2 is 1.58 bits per heavy atom. The number of halogens is 1. The molecule has 358 valence electrons. The summed E-state index contributed by atoms with van der Waals surface area (Å²) in [7, 11) is 0. The molecule has 0 saturated heterocycles. The molecule has 5 aromatic rings. The van der Waals surface area contributed by atoms with Crippen LogP contribution in [0.2, 0.25) is 0 Å². The second-order valence-corrected chi connectivity index (χ2v) is 19.2. The summed E-state index contributed by atoms with van der Waals surface area (Å²) >= 11 is 0. The quantitative estimate of drug-likeness (QED) is 0.0475. The fourth-order valence-corrected chi connectivity index (χ4v) is 10.3. The lowest BCUT2D eigenvalue weighted by molar-refractivity contribution is -0.255. The number of ether oxygens (including phenoxy) is 3. The predicted molar refractivity (Wildman–Crippen MR) is 265 cm³/mol. The van der Waals surface area contributed by atoms with Crippen LogP contribution in [-0.2, 0) is 16.1 Å². The predicted octanol–water partition coefficient (Wildman–Crippen LogP) is 11.9. The van der Waals surface area contributed by atoms with Crippen molar-refractivity contribution in [3.05, 3.63) is 174 Å². The molecule has 2 aliphatic carbocycles. The van der Waals surface area contributed by atoms with Gasteiger partial charge in [0.25, 0.3) is 5.91 Å². The SMILES string of the molecule is C=CCOC12Oc3ccc(Oc4ccc(-c5ccccc5)cc4)cc3C3C(CCCCO)C(CCCCO)C=C(C(=NOC(C)(C)C)CC1N(Cc1ccc(F)cc1)C(=O)c1ccc(C#N)cc1)C32. The molecular formula is C58H62FN3O7. The zero-order valence-electron chi connectivity index (χ0n) is 39.7. The molecule has 0 aromatic heterocycles. The Balaban J connectivity index is 1.34. The summed E-state index contributed by atoms with van der Waals surface area (Å²) in [6.07, 6.45) is 8.54. The van der Waals surface area contributed by atoms with Crippen molar-refractivity contribution >= 4 is 11.6 Å². The van der Waals surface area contributed by atoms with Gasteiger partial charge in [-0.25, -0.2) is 4.39 Å². The van der Waals surface area contributed by atoms with Gasteiger partial charge < -0.3 is 34.2 Å². The summed E-state index contributed by atoms with van der Waals surface area (Å²) < 4.78 is 35.8. The van der Waals surface area contributed by atoms with Crippen LogP contribution >= 0.6 is 0 Å². The van der Waals surface area contributed by atoms with Crippen molar-refractivity contribution in [2.75, 3.05) is 19.8 Å². The van der Waals surface area contributed by atoms with Crippen LogP contribution in [0.1, 0.15) is 98.7 Å². The summed E-state index contributed by atoms with van der Waals surface area (Å²) in [6.45, 7) is 10.2. The Morgan fingerprint density at radius 1 is 0.899 bits per heavy atom. The summed E-state index contributed by atoms with van der Waals surface area (Å²) in [5, 5.41) is 34.7. The number of rotatable bonds is 19. The molecule has 1 fully saturated rings. The fraction of sp³-hybridized carbons (Fsp3) is 0.362. The van der Waals surface area contributed by atoms with E-state index in [1.165, 1.54) is 12.1 Å². The summed E-state index contributed by atoms with van der Waals surface area (Å²) in [6, 6.07) is 38.0. The lowest BCUT2D eigenvalue weighted by Gasteiger charge is -2.60. The molecule has 11 heteroatoms. The van der Waals surface area contributed by atoms with Gasteiger partial charge in [-0.2, -0.15) is 5.26 Å². The molecule has 3 aliphatic rings. The lowest BCUT2D eigenvalue weighted by Crippen LogP contribution is -2.70. The van der Waals surface area contributed by atoms with E-state index in [4.69, 9.17) is 24.2 Å². The summed E-state index contributed by atoms with van der Waals surface area (Å²) in [4.78, 5) is 23.4. The second-order valence-electron chi connectivity index (χ2n) is 19.2. The number of aliphatic hydroxyl groups excluding tert-OH is 2. The van der Waals surface area contributed by atoms with Gasteiger partial charge in [-0.3, -0.25) is 4.79 Å². The van der Waals surface area contributed by atoms with Gasteiger partial charge in [0.15, 0.2) is 0 Å². The minimum absolute atomic E-state index is 0.0120. The van der Waals surface area contributed by atoms with E-state index in [2.05, 4.69) is 36.9 Å². The number of allylic oxidation sites excluding steroid dienone is 1.